The van der Waals surface area contributed by atoms with E-state index in [1.54, 1.807) is 6.21 Å². The van der Waals surface area contributed by atoms with Crippen molar-refractivity contribution in [2.24, 2.45) is 11.1 Å². The molecule has 0 fully saturated rings. The maximum Gasteiger partial charge on any atom is 0.224 e. The van der Waals surface area contributed by atoms with Gasteiger partial charge in [-0.15, -0.1) is 0 Å². The van der Waals surface area contributed by atoms with Crippen molar-refractivity contribution < 1.29 is 14.4 Å². The zero-order valence-electron chi connectivity index (χ0n) is 9.90. The molecule has 1 N–H and O–H groups in total. The largest absolute Gasteiger partial charge is 0.392 e. The molecule has 1 amide bonds. The minimum absolute atomic E-state index is 0.0771. The van der Waals surface area contributed by atoms with Gasteiger partial charge in [-0.2, -0.15) is 0 Å². The van der Waals surface area contributed by atoms with Crippen molar-refractivity contribution in [1.82, 2.24) is 5.32 Å². The molecule has 0 aromatic rings. The van der Waals surface area contributed by atoms with Crippen molar-refractivity contribution in [3.8, 4) is 0 Å². The highest BCUT2D eigenvalue weighted by Gasteiger charge is 2.22. The highest BCUT2D eigenvalue weighted by Crippen LogP contribution is 2.10. The summed E-state index contributed by atoms with van der Waals surface area (Å²) in [5.41, 5.74) is 0. The molecule has 1 aliphatic heterocycles. The van der Waals surface area contributed by atoms with E-state index in [1.165, 1.54) is 6.92 Å². The summed E-state index contributed by atoms with van der Waals surface area (Å²) in [4.78, 5) is 27.6. The third-order valence-electron chi connectivity index (χ3n) is 2.85. The van der Waals surface area contributed by atoms with E-state index in [0.717, 1.165) is 0 Å². The first-order chi connectivity index (χ1) is 7.50. The van der Waals surface area contributed by atoms with Crippen LogP contribution in [0.15, 0.2) is 5.16 Å². The molecule has 16 heavy (non-hydrogen) atoms. The fourth-order valence-electron chi connectivity index (χ4n) is 1.45. The normalized spacial score (nSPS) is 22.3. The maximum absolute atomic E-state index is 11.6. The van der Waals surface area contributed by atoms with E-state index in [0.29, 0.717) is 6.42 Å². The summed E-state index contributed by atoms with van der Waals surface area (Å²) in [7, 11) is 0. The minimum Gasteiger partial charge on any atom is -0.392 e. The first-order valence-corrected chi connectivity index (χ1v) is 5.48. The lowest BCUT2D eigenvalue weighted by Gasteiger charge is -2.19. The molecular weight excluding hydrogens is 208 g/mol. The smallest absolute Gasteiger partial charge is 0.224 e. The molecule has 90 valence electrons. The van der Waals surface area contributed by atoms with Gasteiger partial charge in [-0.25, -0.2) is 0 Å². The number of nitrogens with zero attached hydrogens (tertiary/aromatic N) is 1. The van der Waals surface area contributed by atoms with E-state index in [9.17, 15) is 9.59 Å². The second-order valence-corrected chi connectivity index (χ2v) is 4.21. The molecule has 1 heterocycles. The topological polar surface area (TPSA) is 67.8 Å². The average Bonchev–Trinajstić information content (AvgIpc) is 2.68. The van der Waals surface area contributed by atoms with Crippen LogP contribution < -0.4 is 5.32 Å². The van der Waals surface area contributed by atoms with Crippen molar-refractivity contribution in [2.75, 3.05) is 0 Å². The van der Waals surface area contributed by atoms with E-state index >= 15 is 0 Å². The zero-order valence-corrected chi connectivity index (χ0v) is 9.90. The van der Waals surface area contributed by atoms with Crippen LogP contribution in [0.1, 0.15) is 33.6 Å². The van der Waals surface area contributed by atoms with E-state index in [-0.39, 0.29) is 36.2 Å². The summed E-state index contributed by atoms with van der Waals surface area (Å²) in [6.07, 6.45) is 2.46. The molecule has 0 radical (unpaired) electrons. The first kappa shape index (κ1) is 12.7. The standard InChI is InChI=1S/C11H18N2O3/c1-7(9(3)14)8(2)13-11(15)6-10-4-5-12-16-10/h5,7-8,10H,4,6H2,1-3H3,(H,13,15). The van der Waals surface area contributed by atoms with Crippen molar-refractivity contribution >= 4 is 17.9 Å². The molecule has 0 saturated heterocycles. The van der Waals surface area contributed by atoms with Gasteiger partial charge in [0.25, 0.3) is 0 Å². The van der Waals surface area contributed by atoms with Gasteiger partial charge in [-0.1, -0.05) is 12.1 Å². The number of hydrogen-bond acceptors (Lipinski definition) is 4. The number of carbonyl (C=O) groups is 2. The van der Waals surface area contributed by atoms with Gasteiger partial charge in [-0.05, 0) is 13.8 Å². The van der Waals surface area contributed by atoms with E-state index in [4.69, 9.17) is 4.84 Å². The minimum atomic E-state index is -0.162. The highest BCUT2D eigenvalue weighted by molar-refractivity contribution is 5.81. The van der Waals surface area contributed by atoms with Crippen LogP contribution in [0.5, 0.6) is 0 Å². The van der Waals surface area contributed by atoms with E-state index < -0.39 is 0 Å². The Hall–Kier alpha value is -1.39. The fraction of sp³-hybridized carbons (Fsp3) is 0.727. The zero-order chi connectivity index (χ0) is 12.1. The van der Waals surface area contributed by atoms with Gasteiger partial charge in [0.1, 0.15) is 11.9 Å². The summed E-state index contributed by atoms with van der Waals surface area (Å²) in [5, 5.41) is 6.39. The number of carbonyl (C=O) groups excluding carboxylic acids is 2. The summed E-state index contributed by atoms with van der Waals surface area (Å²) >= 11 is 0. The Balaban J connectivity index is 2.30. The van der Waals surface area contributed by atoms with Crippen molar-refractivity contribution in [1.29, 1.82) is 0 Å². The quantitative estimate of drug-likeness (QED) is 0.756. The summed E-state index contributed by atoms with van der Waals surface area (Å²) in [5.74, 6) is -0.186. The number of nitrogens with one attached hydrogen (secondary N) is 1. The third kappa shape index (κ3) is 3.64. The van der Waals surface area contributed by atoms with Crippen LogP contribution in [0.2, 0.25) is 0 Å². The molecule has 5 heteroatoms. The lowest BCUT2D eigenvalue weighted by molar-refractivity contribution is -0.125. The van der Waals surface area contributed by atoms with Crippen molar-refractivity contribution in [3.63, 3.8) is 0 Å². The van der Waals surface area contributed by atoms with Crippen LogP contribution in [0.25, 0.3) is 0 Å². The van der Waals surface area contributed by atoms with Gasteiger partial charge in [0.15, 0.2) is 0 Å². The molecule has 0 saturated carbocycles. The Bertz CT molecular complexity index is 294. The highest BCUT2D eigenvalue weighted by atomic mass is 16.6. The van der Waals surface area contributed by atoms with Gasteiger partial charge in [0.05, 0.1) is 6.42 Å². The molecule has 0 aliphatic carbocycles. The van der Waals surface area contributed by atoms with E-state index in [2.05, 4.69) is 10.5 Å². The summed E-state index contributed by atoms with van der Waals surface area (Å²) in [6.45, 7) is 5.17. The molecule has 0 bridgehead atoms. The van der Waals surface area contributed by atoms with Gasteiger partial charge in [0, 0.05) is 24.6 Å². The third-order valence-corrected chi connectivity index (χ3v) is 2.85. The fourth-order valence-corrected chi connectivity index (χ4v) is 1.45. The predicted molar refractivity (Wildman–Crippen MR) is 60.0 cm³/mol. The predicted octanol–water partition coefficient (Wildman–Crippen LogP) is 0.881. The summed E-state index contributed by atoms with van der Waals surface area (Å²) in [6, 6.07) is -0.146. The van der Waals surface area contributed by atoms with Gasteiger partial charge in [-0.3, -0.25) is 9.59 Å². The lowest BCUT2D eigenvalue weighted by Crippen LogP contribution is -2.40. The Morgan fingerprint density at radius 2 is 2.25 bits per heavy atom. The average molecular weight is 226 g/mol. The number of amides is 1. The SMILES string of the molecule is CC(=O)C(C)C(C)NC(=O)CC1CC=NO1. The molecule has 3 atom stereocenters. The number of ketones is 1. The Labute approximate surface area is 95.2 Å². The number of rotatable bonds is 5. The molecule has 5 nitrogen and oxygen atoms in total. The molecule has 3 unspecified atom stereocenters. The molecule has 0 spiro atoms. The lowest BCUT2D eigenvalue weighted by atomic mass is 9.99. The molecule has 1 aliphatic rings. The van der Waals surface area contributed by atoms with E-state index in [1.807, 2.05) is 13.8 Å². The number of Topliss-reactive ketones (excluding diaryl/α,β-unsaturated/α-hetero) is 1. The second kappa shape index (κ2) is 5.63. The Morgan fingerprint density at radius 1 is 1.56 bits per heavy atom. The number of hydrogen-bond donors (Lipinski definition) is 1. The molecule has 1 rings (SSSR count). The van der Waals surface area contributed by atoms with Crippen LogP contribution in [-0.2, 0) is 14.4 Å². The molecule has 0 aromatic carbocycles. The van der Waals surface area contributed by atoms with Gasteiger partial charge >= 0.3 is 0 Å². The van der Waals surface area contributed by atoms with Crippen LogP contribution in [0, 0.1) is 5.92 Å². The van der Waals surface area contributed by atoms with Crippen LogP contribution in [0.4, 0.5) is 0 Å². The Kier molecular flexibility index (Phi) is 4.46. The number of oxime groups is 1. The van der Waals surface area contributed by atoms with Crippen molar-refractivity contribution in [2.45, 2.75) is 45.8 Å². The second-order valence-electron chi connectivity index (χ2n) is 4.21. The van der Waals surface area contributed by atoms with Crippen LogP contribution in [-0.4, -0.2) is 30.1 Å². The van der Waals surface area contributed by atoms with Crippen LogP contribution >= 0.6 is 0 Å². The first-order valence-electron chi connectivity index (χ1n) is 5.48. The van der Waals surface area contributed by atoms with Gasteiger partial charge < -0.3 is 10.2 Å². The molecule has 0 aromatic heterocycles. The maximum atomic E-state index is 11.6. The van der Waals surface area contributed by atoms with Crippen LogP contribution in [0.3, 0.4) is 0 Å². The monoisotopic (exact) mass is 226 g/mol. The van der Waals surface area contributed by atoms with Crippen molar-refractivity contribution in [3.05, 3.63) is 0 Å². The Morgan fingerprint density at radius 3 is 2.75 bits per heavy atom. The molecular formula is C11H18N2O3. The van der Waals surface area contributed by atoms with Gasteiger partial charge in [0.2, 0.25) is 5.91 Å². The summed E-state index contributed by atoms with van der Waals surface area (Å²) < 4.78 is 0.